The Balaban J connectivity index is 1.27. The number of carbonyl (C=O) groups excluding carboxylic acids is 1. The summed E-state index contributed by atoms with van der Waals surface area (Å²) in [5.74, 6) is -1.06. The zero-order valence-corrected chi connectivity index (χ0v) is 19.7. The van der Waals surface area contributed by atoms with Crippen molar-refractivity contribution >= 4 is 23.8 Å². The number of rotatable bonds is 7. The van der Waals surface area contributed by atoms with E-state index in [1.165, 1.54) is 0 Å². The molecular formula is C24H33N5O5. The van der Waals surface area contributed by atoms with Crippen molar-refractivity contribution in [1.82, 2.24) is 15.2 Å². The lowest BCUT2D eigenvalue weighted by Gasteiger charge is -2.37. The molecule has 1 aromatic rings. The molecule has 3 aliphatic heterocycles. The minimum Gasteiger partial charge on any atom is -0.480 e. The second-order valence-electron chi connectivity index (χ2n) is 9.17. The maximum Gasteiger partial charge on any atom is 0.329 e. The van der Waals surface area contributed by atoms with Gasteiger partial charge in [0.1, 0.15) is 6.61 Å². The second kappa shape index (κ2) is 11.0. The average molecular weight is 472 g/mol. The van der Waals surface area contributed by atoms with Crippen molar-refractivity contribution in [2.24, 2.45) is 10.3 Å². The topological polar surface area (TPSA) is 116 Å². The van der Waals surface area contributed by atoms with Crippen LogP contribution in [-0.4, -0.2) is 95.9 Å². The van der Waals surface area contributed by atoms with Gasteiger partial charge < -0.3 is 24.9 Å². The van der Waals surface area contributed by atoms with Gasteiger partial charge in [0.15, 0.2) is 0 Å². The van der Waals surface area contributed by atoms with Gasteiger partial charge in [0.2, 0.25) is 6.10 Å². The van der Waals surface area contributed by atoms with E-state index in [-0.39, 0.29) is 18.6 Å². The Bertz CT molecular complexity index is 916. The molecule has 1 amide bonds. The zero-order valence-electron chi connectivity index (χ0n) is 19.7. The molecule has 0 spiro atoms. The Morgan fingerprint density at radius 3 is 2.53 bits per heavy atom. The molecule has 0 aromatic heterocycles. The number of carboxylic acids is 1. The highest BCUT2D eigenvalue weighted by molar-refractivity contribution is 6.04. The van der Waals surface area contributed by atoms with E-state index >= 15 is 0 Å². The summed E-state index contributed by atoms with van der Waals surface area (Å²) in [7, 11) is 0. The van der Waals surface area contributed by atoms with Crippen molar-refractivity contribution in [3.05, 3.63) is 35.4 Å². The molecule has 3 unspecified atom stereocenters. The summed E-state index contributed by atoms with van der Waals surface area (Å²) in [6, 6.07) is 8.65. The molecule has 184 valence electrons. The minimum absolute atomic E-state index is 0.0848. The van der Waals surface area contributed by atoms with E-state index < -0.39 is 12.1 Å². The number of piperazine rings is 1. The molecule has 3 heterocycles. The van der Waals surface area contributed by atoms with Crippen molar-refractivity contribution in [3.8, 4) is 0 Å². The Labute approximate surface area is 199 Å². The molecular weight excluding hydrogens is 438 g/mol. The number of likely N-dealkylation sites (tertiary alicyclic amines) is 1. The molecule has 1 aromatic carbocycles. The number of hydrazone groups is 1. The molecule has 10 nitrogen and oxygen atoms in total. The highest BCUT2D eigenvalue weighted by Gasteiger charge is 2.34. The zero-order chi connectivity index (χ0) is 24.1. The number of hydrogen-bond donors (Lipinski definition) is 2. The maximum atomic E-state index is 12.9. The number of hydrogen-bond acceptors (Lipinski definition) is 8. The van der Waals surface area contributed by atoms with Crippen LogP contribution in [0.5, 0.6) is 0 Å². The van der Waals surface area contributed by atoms with E-state index in [0.29, 0.717) is 44.4 Å². The molecule has 0 radical (unpaired) electrons. The molecule has 3 aliphatic rings. The second-order valence-corrected chi connectivity index (χ2v) is 9.17. The molecule has 0 bridgehead atoms. The average Bonchev–Trinajstić information content (AvgIpc) is 3.33. The maximum absolute atomic E-state index is 12.9. The summed E-state index contributed by atoms with van der Waals surface area (Å²) >= 11 is 0. The minimum atomic E-state index is -0.980. The number of nitrogens with zero attached hydrogens (tertiary/aromatic N) is 4. The van der Waals surface area contributed by atoms with Crippen molar-refractivity contribution in [3.63, 3.8) is 0 Å². The van der Waals surface area contributed by atoms with Crippen LogP contribution in [0.25, 0.3) is 0 Å². The summed E-state index contributed by atoms with van der Waals surface area (Å²) in [6.07, 6.45) is 2.80. The fraction of sp³-hybridized carbons (Fsp3) is 0.583. The summed E-state index contributed by atoms with van der Waals surface area (Å²) in [4.78, 5) is 30.7. The van der Waals surface area contributed by atoms with Gasteiger partial charge in [0, 0.05) is 32.6 Å². The van der Waals surface area contributed by atoms with Crippen LogP contribution in [-0.2, 0) is 19.2 Å². The number of ether oxygens (including phenoxy) is 1. The molecule has 2 saturated heterocycles. The monoisotopic (exact) mass is 471 g/mol. The van der Waals surface area contributed by atoms with Gasteiger partial charge >= 0.3 is 5.97 Å². The van der Waals surface area contributed by atoms with Gasteiger partial charge in [-0.2, -0.15) is 5.10 Å². The molecule has 34 heavy (non-hydrogen) atoms. The first-order valence-electron chi connectivity index (χ1n) is 11.9. The number of benzene rings is 1. The summed E-state index contributed by atoms with van der Waals surface area (Å²) in [5, 5.41) is 23.1. The lowest BCUT2D eigenvalue weighted by Crippen LogP contribution is -2.52. The smallest absolute Gasteiger partial charge is 0.329 e. The van der Waals surface area contributed by atoms with Gasteiger partial charge in [-0.1, -0.05) is 29.4 Å². The first-order valence-corrected chi connectivity index (χ1v) is 11.9. The van der Waals surface area contributed by atoms with Gasteiger partial charge in [0.25, 0.3) is 5.91 Å². The Morgan fingerprint density at radius 1 is 1.21 bits per heavy atom. The summed E-state index contributed by atoms with van der Waals surface area (Å²) < 4.78 is 5.34. The molecule has 2 N–H and O–H groups in total. The van der Waals surface area contributed by atoms with Gasteiger partial charge in [-0.15, -0.1) is 0 Å². The predicted octanol–water partition coefficient (Wildman–Crippen LogP) is 1.29. The molecule has 2 fully saturated rings. The van der Waals surface area contributed by atoms with Crippen molar-refractivity contribution in [1.29, 1.82) is 0 Å². The van der Waals surface area contributed by atoms with Gasteiger partial charge in [0.05, 0.1) is 30.1 Å². The fourth-order valence-corrected chi connectivity index (χ4v) is 4.56. The highest BCUT2D eigenvalue weighted by Crippen LogP contribution is 2.22. The van der Waals surface area contributed by atoms with Crippen LogP contribution in [0.2, 0.25) is 0 Å². The number of oxime groups is 1. The van der Waals surface area contributed by atoms with Crippen molar-refractivity contribution in [2.75, 3.05) is 32.8 Å². The largest absolute Gasteiger partial charge is 0.480 e. The lowest BCUT2D eigenvalue weighted by molar-refractivity contribution is -0.149. The fourth-order valence-electron chi connectivity index (χ4n) is 4.56. The van der Waals surface area contributed by atoms with Crippen LogP contribution in [0.1, 0.15) is 44.2 Å². The van der Waals surface area contributed by atoms with Gasteiger partial charge in [-0.25, -0.2) is 4.79 Å². The van der Waals surface area contributed by atoms with E-state index in [2.05, 4.69) is 34.4 Å². The van der Waals surface area contributed by atoms with E-state index in [1.54, 1.807) is 4.90 Å². The third kappa shape index (κ3) is 5.92. The van der Waals surface area contributed by atoms with Crippen molar-refractivity contribution < 1.29 is 24.3 Å². The number of nitrogens with one attached hydrogen (secondary N) is 1. The molecule has 4 rings (SSSR count). The number of aliphatic carboxylic acids is 1. The van der Waals surface area contributed by atoms with Crippen LogP contribution in [0, 0.1) is 0 Å². The van der Waals surface area contributed by atoms with Crippen molar-refractivity contribution in [2.45, 2.75) is 57.4 Å². The van der Waals surface area contributed by atoms with Crippen LogP contribution < -0.4 is 5.32 Å². The Morgan fingerprint density at radius 2 is 1.88 bits per heavy atom. The molecule has 0 saturated carbocycles. The predicted molar refractivity (Wildman–Crippen MR) is 127 cm³/mol. The summed E-state index contributed by atoms with van der Waals surface area (Å²) in [6.45, 7) is 6.92. The molecule has 3 atom stereocenters. The quantitative estimate of drug-likeness (QED) is 0.576. The third-order valence-corrected chi connectivity index (χ3v) is 6.51. The van der Waals surface area contributed by atoms with Crippen LogP contribution in [0.4, 0.5) is 0 Å². The van der Waals surface area contributed by atoms with E-state index in [4.69, 9.17) is 14.7 Å². The third-order valence-electron chi connectivity index (χ3n) is 6.51. The van der Waals surface area contributed by atoms with E-state index in [0.717, 1.165) is 29.9 Å². The lowest BCUT2D eigenvalue weighted by atomic mass is 10.0. The highest BCUT2D eigenvalue weighted by atomic mass is 16.6. The normalized spacial score (nSPS) is 25.9. The van der Waals surface area contributed by atoms with Gasteiger partial charge in [-0.05, 0) is 37.8 Å². The Kier molecular flexibility index (Phi) is 7.79. The standard InChI is InChI=1S/C24H33N5O5/c1-16-12-25-13-17(2)29(16)26-14-18-3-5-19(6-4-18)21-11-22(34-27-21)24(32)28-9-7-20(8-10-28)33-15-23(30)31/h3-6,14,16-17,20,22,25H,7-13,15H2,1-2H3,(H,30,31). The first-order chi connectivity index (χ1) is 16.4. The summed E-state index contributed by atoms with van der Waals surface area (Å²) in [5.41, 5.74) is 2.69. The number of piperidine rings is 1. The molecule has 10 heteroatoms. The number of amides is 1. The Hall–Kier alpha value is -2.98. The SMILES string of the molecule is CC1CNCC(C)N1N=Cc1ccc(C2=NOC(C(=O)N3CCC(OCC(=O)O)CC3)C2)cc1. The van der Waals surface area contributed by atoms with Crippen LogP contribution in [0.3, 0.4) is 0 Å². The van der Waals surface area contributed by atoms with E-state index in [9.17, 15) is 9.59 Å². The van der Waals surface area contributed by atoms with E-state index in [1.807, 2.05) is 30.5 Å². The number of carbonyl (C=O) groups is 2. The van der Waals surface area contributed by atoms with Crippen LogP contribution in [0.15, 0.2) is 34.5 Å². The number of carboxylic acid groups (broad SMARTS) is 1. The van der Waals surface area contributed by atoms with Crippen LogP contribution >= 0.6 is 0 Å². The molecule has 0 aliphatic carbocycles. The van der Waals surface area contributed by atoms with Gasteiger partial charge in [-0.3, -0.25) is 9.80 Å². The first kappa shape index (κ1) is 24.2.